The van der Waals surface area contributed by atoms with E-state index in [0.717, 1.165) is 5.75 Å². The molecule has 0 saturated carbocycles. The summed E-state index contributed by atoms with van der Waals surface area (Å²) in [6.07, 6.45) is 1.53. The molecule has 1 atom stereocenters. The Bertz CT molecular complexity index is 552. The van der Waals surface area contributed by atoms with Crippen LogP contribution in [-0.2, 0) is 21.4 Å². The second-order valence-corrected chi connectivity index (χ2v) is 6.33. The summed E-state index contributed by atoms with van der Waals surface area (Å²) in [6.45, 7) is 0. The highest BCUT2D eigenvalue weighted by atomic mass is 32.2. The fraction of sp³-hybridized carbons (Fsp3) is 0.188. The molecule has 0 aliphatic rings. The summed E-state index contributed by atoms with van der Waals surface area (Å²) in [7, 11) is 1.46. The van der Waals surface area contributed by atoms with E-state index < -0.39 is 6.16 Å². The third kappa shape index (κ3) is 4.03. The van der Waals surface area contributed by atoms with Gasteiger partial charge in [0.15, 0.2) is 4.90 Å². The van der Waals surface area contributed by atoms with Gasteiger partial charge in [-0.05, 0) is 24.3 Å². The van der Waals surface area contributed by atoms with Gasteiger partial charge in [-0.25, -0.2) is 4.79 Å². The molecule has 2 rings (SSSR count). The van der Waals surface area contributed by atoms with Gasteiger partial charge >= 0.3 is 6.16 Å². The number of carbonyl (C=O) groups is 1. The molecule has 0 radical (unpaired) electrons. The van der Waals surface area contributed by atoms with Crippen LogP contribution < -0.4 is 4.74 Å². The average molecular weight is 289 g/mol. The summed E-state index contributed by atoms with van der Waals surface area (Å²) < 4.78 is 9.40. The summed E-state index contributed by atoms with van der Waals surface area (Å²) in [5.74, 6) is 1.47. The van der Waals surface area contributed by atoms with Crippen LogP contribution in [0.15, 0.2) is 59.5 Å². The van der Waals surface area contributed by atoms with Crippen molar-refractivity contribution in [3.05, 3.63) is 60.2 Å². The SMILES string of the molecule is COC(=O)Oc1ccc(C[S+](C)c2ccccc2)cc1. The Hall–Kier alpha value is -1.94. The maximum absolute atomic E-state index is 11.0. The topological polar surface area (TPSA) is 35.5 Å². The normalized spacial score (nSPS) is 11.7. The first-order valence-electron chi connectivity index (χ1n) is 6.21. The highest BCUT2D eigenvalue weighted by Gasteiger charge is 2.15. The van der Waals surface area contributed by atoms with Gasteiger partial charge in [-0.2, -0.15) is 0 Å². The molecule has 2 aromatic rings. The van der Waals surface area contributed by atoms with E-state index in [-0.39, 0.29) is 10.9 Å². The van der Waals surface area contributed by atoms with Gasteiger partial charge in [0.25, 0.3) is 0 Å². The molecule has 104 valence electrons. The van der Waals surface area contributed by atoms with Crippen molar-refractivity contribution in [1.82, 2.24) is 0 Å². The molecule has 0 amide bonds. The molecular weight excluding hydrogens is 272 g/mol. The van der Waals surface area contributed by atoms with Crippen LogP contribution in [0.1, 0.15) is 5.56 Å². The van der Waals surface area contributed by atoms with Crippen molar-refractivity contribution in [1.29, 1.82) is 0 Å². The van der Waals surface area contributed by atoms with E-state index in [1.807, 2.05) is 18.2 Å². The molecule has 2 aromatic carbocycles. The predicted molar refractivity (Wildman–Crippen MR) is 81.2 cm³/mol. The molecule has 20 heavy (non-hydrogen) atoms. The van der Waals surface area contributed by atoms with Gasteiger partial charge in [-0.1, -0.05) is 30.3 Å². The zero-order valence-electron chi connectivity index (χ0n) is 11.5. The first kappa shape index (κ1) is 14.5. The van der Waals surface area contributed by atoms with Gasteiger partial charge in [0.1, 0.15) is 17.8 Å². The van der Waals surface area contributed by atoms with Crippen LogP contribution >= 0.6 is 0 Å². The van der Waals surface area contributed by atoms with Gasteiger partial charge in [0.2, 0.25) is 0 Å². The number of carbonyl (C=O) groups excluding carboxylic acids is 1. The summed E-state index contributed by atoms with van der Waals surface area (Å²) in [5, 5.41) is 0. The fourth-order valence-electron chi connectivity index (χ4n) is 1.78. The molecule has 0 aromatic heterocycles. The van der Waals surface area contributed by atoms with Crippen molar-refractivity contribution in [2.45, 2.75) is 10.6 Å². The van der Waals surface area contributed by atoms with Gasteiger partial charge in [0, 0.05) is 16.5 Å². The largest absolute Gasteiger partial charge is 0.513 e. The van der Waals surface area contributed by atoms with E-state index in [1.165, 1.54) is 17.6 Å². The first-order valence-corrected chi connectivity index (χ1v) is 8.01. The minimum Gasteiger partial charge on any atom is -0.437 e. The van der Waals surface area contributed by atoms with Crippen LogP contribution in [0.4, 0.5) is 4.79 Å². The molecule has 0 aliphatic carbocycles. The van der Waals surface area contributed by atoms with Crippen molar-refractivity contribution < 1.29 is 14.3 Å². The summed E-state index contributed by atoms with van der Waals surface area (Å²) >= 11 is 0. The second kappa shape index (κ2) is 7.01. The lowest BCUT2D eigenvalue weighted by Gasteiger charge is -2.05. The number of hydrogen-bond acceptors (Lipinski definition) is 3. The monoisotopic (exact) mass is 289 g/mol. The lowest BCUT2D eigenvalue weighted by molar-refractivity contribution is 0.121. The maximum Gasteiger partial charge on any atom is 0.513 e. The standard InChI is InChI=1S/C16H17O3S/c1-18-16(17)19-14-10-8-13(9-11-14)12-20(2)15-6-4-3-5-7-15/h3-11H,12H2,1-2H3/q+1. The Labute approximate surface area is 121 Å². The molecule has 0 N–H and O–H groups in total. The zero-order valence-corrected chi connectivity index (χ0v) is 12.4. The summed E-state index contributed by atoms with van der Waals surface area (Å²) in [6, 6.07) is 18.0. The molecule has 4 heteroatoms. The van der Waals surface area contributed by atoms with Crippen molar-refractivity contribution in [2.24, 2.45) is 0 Å². The van der Waals surface area contributed by atoms with E-state index in [1.54, 1.807) is 12.1 Å². The number of benzene rings is 2. The van der Waals surface area contributed by atoms with E-state index in [9.17, 15) is 4.79 Å². The number of ether oxygens (including phenoxy) is 2. The van der Waals surface area contributed by atoms with Crippen LogP contribution in [0.3, 0.4) is 0 Å². The highest BCUT2D eigenvalue weighted by molar-refractivity contribution is 7.95. The van der Waals surface area contributed by atoms with Gasteiger partial charge < -0.3 is 9.47 Å². The van der Waals surface area contributed by atoms with Gasteiger partial charge in [0.05, 0.1) is 7.11 Å². The molecule has 0 heterocycles. The van der Waals surface area contributed by atoms with Crippen LogP contribution in [0.25, 0.3) is 0 Å². The summed E-state index contributed by atoms with van der Waals surface area (Å²) in [4.78, 5) is 12.3. The smallest absolute Gasteiger partial charge is 0.437 e. The molecule has 0 spiro atoms. The second-order valence-electron chi connectivity index (χ2n) is 4.29. The van der Waals surface area contributed by atoms with Crippen molar-refractivity contribution >= 4 is 17.1 Å². The molecule has 0 aliphatic heterocycles. The summed E-state index contributed by atoms with van der Waals surface area (Å²) in [5.41, 5.74) is 1.22. The van der Waals surface area contributed by atoms with Crippen molar-refractivity contribution in [3.63, 3.8) is 0 Å². The van der Waals surface area contributed by atoms with Crippen molar-refractivity contribution in [2.75, 3.05) is 13.4 Å². The van der Waals surface area contributed by atoms with Crippen LogP contribution in [-0.4, -0.2) is 19.5 Å². The van der Waals surface area contributed by atoms with Crippen molar-refractivity contribution in [3.8, 4) is 5.75 Å². The third-order valence-corrected chi connectivity index (χ3v) is 4.66. The maximum atomic E-state index is 11.0. The Morgan fingerprint density at radius 2 is 1.70 bits per heavy atom. The number of hydrogen-bond donors (Lipinski definition) is 0. The molecule has 0 fully saturated rings. The van der Waals surface area contributed by atoms with E-state index in [2.05, 4.69) is 35.3 Å². The van der Waals surface area contributed by atoms with E-state index in [0.29, 0.717) is 5.75 Å². The van der Waals surface area contributed by atoms with Crippen LogP contribution in [0.2, 0.25) is 0 Å². The Morgan fingerprint density at radius 1 is 1.05 bits per heavy atom. The molecule has 1 unspecified atom stereocenters. The third-order valence-electron chi connectivity index (χ3n) is 2.82. The Balaban J connectivity index is 1.98. The van der Waals surface area contributed by atoms with Crippen LogP contribution in [0.5, 0.6) is 5.75 Å². The molecular formula is C16H17O3S+. The Kier molecular flexibility index (Phi) is 5.07. The van der Waals surface area contributed by atoms with Gasteiger partial charge in [-0.3, -0.25) is 0 Å². The molecule has 3 nitrogen and oxygen atoms in total. The van der Waals surface area contributed by atoms with Gasteiger partial charge in [-0.15, -0.1) is 0 Å². The lowest BCUT2D eigenvalue weighted by atomic mass is 10.2. The lowest BCUT2D eigenvalue weighted by Crippen LogP contribution is -2.07. The fourth-order valence-corrected chi connectivity index (χ4v) is 3.26. The molecule has 0 saturated heterocycles. The quantitative estimate of drug-likeness (QED) is 0.490. The predicted octanol–water partition coefficient (Wildman–Crippen LogP) is 3.64. The number of methoxy groups -OCH3 is 1. The van der Waals surface area contributed by atoms with E-state index >= 15 is 0 Å². The number of rotatable bonds is 4. The average Bonchev–Trinajstić information content (AvgIpc) is 2.50. The minimum atomic E-state index is -0.697. The highest BCUT2D eigenvalue weighted by Crippen LogP contribution is 2.19. The molecule has 0 bridgehead atoms. The van der Waals surface area contributed by atoms with E-state index in [4.69, 9.17) is 4.74 Å². The Morgan fingerprint density at radius 3 is 2.30 bits per heavy atom. The minimum absolute atomic E-state index is 0.164. The first-order chi connectivity index (χ1) is 9.69. The van der Waals surface area contributed by atoms with Crippen LogP contribution in [0, 0.1) is 0 Å². The zero-order chi connectivity index (χ0) is 14.4.